The maximum Gasteiger partial charge on any atom is 0.0555 e. The Morgan fingerprint density at radius 1 is 1.38 bits per heavy atom. The van der Waals surface area contributed by atoms with Crippen LogP contribution in [0.3, 0.4) is 0 Å². The summed E-state index contributed by atoms with van der Waals surface area (Å²) in [5.41, 5.74) is 0.563. The fourth-order valence-corrected chi connectivity index (χ4v) is 2.29. The summed E-state index contributed by atoms with van der Waals surface area (Å²) in [6.45, 7) is 4.65. The molecule has 0 spiro atoms. The highest BCUT2D eigenvalue weighted by Gasteiger charge is 2.43. The van der Waals surface area contributed by atoms with Crippen molar-refractivity contribution in [2.45, 2.75) is 64.1 Å². The fraction of sp³-hybridized carbons (Fsp3) is 1.00. The second-order valence-electron chi connectivity index (χ2n) is 5.21. The molecule has 13 heavy (non-hydrogen) atoms. The molecule has 0 amide bonds. The topological polar surface area (TPSA) is 32.3 Å². The van der Waals surface area contributed by atoms with Gasteiger partial charge in [-0.15, -0.1) is 0 Å². The van der Waals surface area contributed by atoms with Gasteiger partial charge in [0.15, 0.2) is 0 Å². The third-order valence-corrected chi connectivity index (χ3v) is 3.97. The van der Waals surface area contributed by atoms with Gasteiger partial charge in [0, 0.05) is 12.1 Å². The van der Waals surface area contributed by atoms with E-state index >= 15 is 0 Å². The van der Waals surface area contributed by atoms with Gasteiger partial charge in [-0.25, -0.2) is 0 Å². The van der Waals surface area contributed by atoms with Crippen LogP contribution in [0.15, 0.2) is 0 Å². The predicted octanol–water partition coefficient (Wildman–Crippen LogP) is 1.68. The SMILES string of the molecule is CC(N[C@H]1CC[C@@H](O)C1)C1(C)CC1. The summed E-state index contributed by atoms with van der Waals surface area (Å²) in [5.74, 6) is 0. The zero-order valence-electron chi connectivity index (χ0n) is 8.71. The van der Waals surface area contributed by atoms with Crippen LogP contribution in [0.1, 0.15) is 46.0 Å². The molecule has 1 unspecified atom stereocenters. The van der Waals surface area contributed by atoms with Crippen LogP contribution in [0, 0.1) is 5.41 Å². The van der Waals surface area contributed by atoms with Gasteiger partial charge in [0.1, 0.15) is 0 Å². The van der Waals surface area contributed by atoms with Crippen LogP contribution in [0.5, 0.6) is 0 Å². The lowest BCUT2D eigenvalue weighted by Gasteiger charge is -2.24. The van der Waals surface area contributed by atoms with Crippen LogP contribution in [-0.2, 0) is 0 Å². The smallest absolute Gasteiger partial charge is 0.0555 e. The summed E-state index contributed by atoms with van der Waals surface area (Å²) < 4.78 is 0. The van der Waals surface area contributed by atoms with E-state index in [4.69, 9.17) is 0 Å². The Morgan fingerprint density at radius 3 is 2.54 bits per heavy atom. The third-order valence-electron chi connectivity index (χ3n) is 3.97. The van der Waals surface area contributed by atoms with Crippen LogP contribution in [0.4, 0.5) is 0 Å². The van der Waals surface area contributed by atoms with E-state index in [1.54, 1.807) is 0 Å². The van der Waals surface area contributed by atoms with Gasteiger partial charge in [-0.05, 0) is 44.4 Å². The van der Waals surface area contributed by atoms with Crippen molar-refractivity contribution in [1.29, 1.82) is 0 Å². The van der Waals surface area contributed by atoms with Gasteiger partial charge in [-0.3, -0.25) is 0 Å². The zero-order valence-corrected chi connectivity index (χ0v) is 8.71. The molecule has 0 aliphatic heterocycles. The van der Waals surface area contributed by atoms with E-state index in [-0.39, 0.29) is 6.10 Å². The number of hydrogen-bond donors (Lipinski definition) is 2. The van der Waals surface area contributed by atoms with Crippen LogP contribution in [0.2, 0.25) is 0 Å². The van der Waals surface area contributed by atoms with E-state index in [1.165, 1.54) is 12.8 Å². The Bertz CT molecular complexity index is 189. The van der Waals surface area contributed by atoms with Crippen molar-refractivity contribution in [2.75, 3.05) is 0 Å². The van der Waals surface area contributed by atoms with Crippen molar-refractivity contribution < 1.29 is 5.11 Å². The summed E-state index contributed by atoms with van der Waals surface area (Å²) in [6.07, 6.45) is 5.80. The number of nitrogens with one attached hydrogen (secondary N) is 1. The first-order valence-corrected chi connectivity index (χ1v) is 5.54. The van der Waals surface area contributed by atoms with Gasteiger partial charge in [0.05, 0.1) is 6.10 Å². The summed E-state index contributed by atoms with van der Waals surface area (Å²) in [4.78, 5) is 0. The van der Waals surface area contributed by atoms with Gasteiger partial charge in [-0.2, -0.15) is 0 Å². The second-order valence-corrected chi connectivity index (χ2v) is 5.21. The molecule has 2 nitrogen and oxygen atoms in total. The lowest BCUT2D eigenvalue weighted by molar-refractivity contribution is 0.177. The fourth-order valence-electron chi connectivity index (χ4n) is 2.29. The highest BCUT2D eigenvalue weighted by atomic mass is 16.3. The molecule has 0 saturated heterocycles. The van der Waals surface area contributed by atoms with E-state index in [2.05, 4.69) is 19.2 Å². The van der Waals surface area contributed by atoms with Crippen molar-refractivity contribution in [3.8, 4) is 0 Å². The summed E-state index contributed by atoms with van der Waals surface area (Å²) >= 11 is 0. The third kappa shape index (κ3) is 2.05. The molecule has 3 atom stereocenters. The van der Waals surface area contributed by atoms with Gasteiger partial charge >= 0.3 is 0 Å². The van der Waals surface area contributed by atoms with Crippen LogP contribution in [0.25, 0.3) is 0 Å². The van der Waals surface area contributed by atoms with Crippen molar-refractivity contribution in [2.24, 2.45) is 5.41 Å². The molecule has 0 aromatic heterocycles. The average Bonchev–Trinajstić information content (AvgIpc) is 2.69. The number of hydrogen-bond acceptors (Lipinski definition) is 2. The second kappa shape index (κ2) is 3.25. The first-order chi connectivity index (χ1) is 6.10. The Balaban J connectivity index is 1.78. The summed E-state index contributed by atoms with van der Waals surface area (Å²) in [7, 11) is 0. The zero-order chi connectivity index (χ0) is 9.47. The molecule has 0 bridgehead atoms. The molecule has 2 rings (SSSR count). The quantitative estimate of drug-likeness (QED) is 0.697. The lowest BCUT2D eigenvalue weighted by atomic mass is 9.99. The standard InChI is InChI=1S/C11H21NO/c1-8(11(2)5-6-11)12-9-3-4-10(13)7-9/h8-10,12-13H,3-7H2,1-2H3/t8?,9-,10+/m0/s1. The van der Waals surface area contributed by atoms with E-state index in [0.29, 0.717) is 17.5 Å². The first-order valence-electron chi connectivity index (χ1n) is 5.54. The van der Waals surface area contributed by atoms with Crippen molar-refractivity contribution in [1.82, 2.24) is 5.32 Å². The molecule has 0 aromatic rings. The van der Waals surface area contributed by atoms with E-state index in [0.717, 1.165) is 19.3 Å². The van der Waals surface area contributed by atoms with Crippen molar-refractivity contribution in [3.63, 3.8) is 0 Å². The summed E-state index contributed by atoms with van der Waals surface area (Å²) in [6, 6.07) is 1.20. The molecule has 2 saturated carbocycles. The van der Waals surface area contributed by atoms with Gasteiger partial charge in [-0.1, -0.05) is 6.92 Å². The molecule has 0 radical (unpaired) electrons. The normalized spacial score (nSPS) is 39.0. The van der Waals surface area contributed by atoms with E-state index < -0.39 is 0 Å². The Kier molecular flexibility index (Phi) is 2.37. The Labute approximate surface area is 80.7 Å². The van der Waals surface area contributed by atoms with E-state index in [9.17, 15) is 5.11 Å². The molecule has 2 aliphatic rings. The molecular formula is C11H21NO. The Hall–Kier alpha value is -0.0800. The van der Waals surface area contributed by atoms with Crippen LogP contribution < -0.4 is 5.32 Å². The maximum absolute atomic E-state index is 9.39. The predicted molar refractivity (Wildman–Crippen MR) is 53.6 cm³/mol. The monoisotopic (exact) mass is 183 g/mol. The minimum Gasteiger partial charge on any atom is -0.393 e. The first kappa shape index (κ1) is 9.47. The minimum atomic E-state index is -0.0447. The molecule has 0 heterocycles. The lowest BCUT2D eigenvalue weighted by Crippen LogP contribution is -2.40. The highest BCUT2D eigenvalue weighted by Crippen LogP contribution is 2.48. The highest BCUT2D eigenvalue weighted by molar-refractivity contribution is 4.98. The molecular weight excluding hydrogens is 162 g/mol. The maximum atomic E-state index is 9.39. The number of aliphatic hydroxyl groups excluding tert-OH is 1. The summed E-state index contributed by atoms with van der Waals surface area (Å²) in [5, 5.41) is 13.0. The van der Waals surface area contributed by atoms with Crippen LogP contribution >= 0.6 is 0 Å². The van der Waals surface area contributed by atoms with Gasteiger partial charge in [0.2, 0.25) is 0 Å². The Morgan fingerprint density at radius 2 is 2.08 bits per heavy atom. The molecule has 2 aliphatic carbocycles. The molecule has 2 fully saturated rings. The van der Waals surface area contributed by atoms with Crippen molar-refractivity contribution >= 4 is 0 Å². The number of rotatable bonds is 3. The minimum absolute atomic E-state index is 0.0447. The average molecular weight is 183 g/mol. The molecule has 2 heteroatoms. The largest absolute Gasteiger partial charge is 0.393 e. The molecule has 76 valence electrons. The van der Waals surface area contributed by atoms with Gasteiger partial charge in [0.25, 0.3) is 0 Å². The van der Waals surface area contributed by atoms with Gasteiger partial charge < -0.3 is 10.4 Å². The molecule has 2 N–H and O–H groups in total. The van der Waals surface area contributed by atoms with E-state index in [1.807, 2.05) is 0 Å². The molecule has 0 aromatic carbocycles. The van der Waals surface area contributed by atoms with Crippen molar-refractivity contribution in [3.05, 3.63) is 0 Å². The van der Waals surface area contributed by atoms with Crippen LogP contribution in [-0.4, -0.2) is 23.3 Å². The number of aliphatic hydroxyl groups is 1.